The van der Waals surface area contributed by atoms with E-state index in [0.29, 0.717) is 11.9 Å². The summed E-state index contributed by atoms with van der Waals surface area (Å²) < 4.78 is 0.872. The average Bonchev–Trinajstić information content (AvgIpc) is 2.81. The van der Waals surface area contributed by atoms with Crippen molar-refractivity contribution in [2.75, 3.05) is 11.9 Å². The number of aromatic amines is 1. The molecule has 0 saturated heterocycles. The number of nitrogens with one attached hydrogen (secondary N) is 2. The normalized spacial score (nSPS) is 12.4. The molecule has 2 aromatic heterocycles. The number of imidazole rings is 1. The highest BCUT2D eigenvalue weighted by Crippen LogP contribution is 2.11. The second kappa shape index (κ2) is 5.07. The number of rotatable bonds is 4. The fourth-order valence-electron chi connectivity index (χ4n) is 1.29. The van der Waals surface area contributed by atoms with Gasteiger partial charge >= 0.3 is 0 Å². The molecule has 0 aromatic carbocycles. The molecule has 84 valence electrons. The third kappa shape index (κ3) is 2.79. The van der Waals surface area contributed by atoms with Gasteiger partial charge in [-0.1, -0.05) is 6.92 Å². The lowest BCUT2D eigenvalue weighted by atomic mass is 10.2. The van der Waals surface area contributed by atoms with Crippen LogP contribution in [0, 0.1) is 0 Å². The van der Waals surface area contributed by atoms with Crippen LogP contribution in [0.2, 0.25) is 0 Å². The maximum atomic E-state index is 4.20. The molecular weight excluding hydrogens is 270 g/mol. The fourth-order valence-corrected chi connectivity index (χ4v) is 1.50. The molecule has 2 N–H and O–H groups in total. The van der Waals surface area contributed by atoms with Gasteiger partial charge in [-0.2, -0.15) is 0 Å². The summed E-state index contributed by atoms with van der Waals surface area (Å²) in [5.74, 6) is 1.88. The third-order valence-corrected chi connectivity index (χ3v) is 2.58. The Morgan fingerprint density at radius 3 is 2.75 bits per heavy atom. The highest BCUT2D eigenvalue weighted by atomic mass is 79.9. The predicted octanol–water partition coefficient (Wildman–Crippen LogP) is 2.18. The quantitative estimate of drug-likeness (QED) is 0.902. The van der Waals surface area contributed by atoms with Crippen LogP contribution in [0.25, 0.3) is 0 Å². The number of anilines is 1. The van der Waals surface area contributed by atoms with Crippen molar-refractivity contribution in [3.05, 3.63) is 35.1 Å². The first kappa shape index (κ1) is 11.1. The van der Waals surface area contributed by atoms with Gasteiger partial charge in [0.15, 0.2) is 0 Å². The summed E-state index contributed by atoms with van der Waals surface area (Å²) >= 11 is 3.29. The van der Waals surface area contributed by atoms with Gasteiger partial charge in [0.1, 0.15) is 5.82 Å². The summed E-state index contributed by atoms with van der Waals surface area (Å²) in [5, 5.41) is 3.16. The van der Waals surface area contributed by atoms with Crippen molar-refractivity contribution >= 4 is 21.9 Å². The molecule has 2 heterocycles. The van der Waals surface area contributed by atoms with Gasteiger partial charge in [0.25, 0.3) is 0 Å². The second-order valence-corrected chi connectivity index (χ2v) is 4.40. The van der Waals surface area contributed by atoms with E-state index in [1.807, 2.05) is 6.20 Å². The lowest BCUT2D eigenvalue weighted by molar-refractivity contribution is 0.743. The van der Waals surface area contributed by atoms with Gasteiger partial charge in [0.2, 0.25) is 5.95 Å². The smallest absolute Gasteiger partial charge is 0.222 e. The molecule has 0 amide bonds. The highest BCUT2D eigenvalue weighted by Gasteiger charge is 2.07. The molecule has 0 fully saturated rings. The van der Waals surface area contributed by atoms with Gasteiger partial charge in [0, 0.05) is 37.3 Å². The first-order valence-corrected chi connectivity index (χ1v) is 5.75. The zero-order valence-electron chi connectivity index (χ0n) is 8.81. The van der Waals surface area contributed by atoms with Crippen LogP contribution >= 0.6 is 15.9 Å². The average molecular weight is 282 g/mol. The van der Waals surface area contributed by atoms with Crippen molar-refractivity contribution in [2.24, 2.45) is 0 Å². The van der Waals surface area contributed by atoms with Crippen LogP contribution in [0.15, 0.2) is 29.3 Å². The van der Waals surface area contributed by atoms with E-state index in [9.17, 15) is 0 Å². The SMILES string of the molecule is CC(CNc1ncc(Br)cn1)c1ncc[nH]1. The van der Waals surface area contributed by atoms with Gasteiger partial charge in [-0.15, -0.1) is 0 Å². The van der Waals surface area contributed by atoms with E-state index in [1.54, 1.807) is 18.6 Å². The molecule has 0 bridgehead atoms. The van der Waals surface area contributed by atoms with Crippen LogP contribution in [0.3, 0.4) is 0 Å². The van der Waals surface area contributed by atoms with Crippen molar-refractivity contribution in [1.29, 1.82) is 0 Å². The van der Waals surface area contributed by atoms with Crippen molar-refractivity contribution < 1.29 is 0 Å². The van der Waals surface area contributed by atoms with Crippen molar-refractivity contribution in [3.63, 3.8) is 0 Å². The Balaban J connectivity index is 1.90. The number of nitrogens with zero attached hydrogens (tertiary/aromatic N) is 3. The predicted molar refractivity (Wildman–Crippen MR) is 65.2 cm³/mol. The maximum absolute atomic E-state index is 4.20. The summed E-state index contributed by atoms with van der Waals surface area (Å²) in [6, 6.07) is 0. The molecule has 0 radical (unpaired) electrons. The Bertz CT molecular complexity index is 425. The first-order valence-electron chi connectivity index (χ1n) is 4.96. The highest BCUT2D eigenvalue weighted by molar-refractivity contribution is 9.10. The summed E-state index contributed by atoms with van der Waals surface area (Å²) in [5.41, 5.74) is 0. The Labute approximate surface area is 102 Å². The molecule has 1 atom stereocenters. The molecule has 5 nitrogen and oxygen atoms in total. The molecule has 2 aromatic rings. The van der Waals surface area contributed by atoms with E-state index in [1.165, 1.54) is 0 Å². The number of halogens is 1. The molecule has 0 aliphatic heterocycles. The van der Waals surface area contributed by atoms with Crippen molar-refractivity contribution in [1.82, 2.24) is 19.9 Å². The van der Waals surface area contributed by atoms with Crippen LogP contribution in [0.5, 0.6) is 0 Å². The summed E-state index contributed by atoms with van der Waals surface area (Å²) in [4.78, 5) is 15.5. The number of hydrogen-bond donors (Lipinski definition) is 2. The van der Waals surface area contributed by atoms with Gasteiger partial charge in [0.05, 0.1) is 4.47 Å². The third-order valence-electron chi connectivity index (χ3n) is 2.17. The molecule has 1 unspecified atom stereocenters. The Morgan fingerprint density at radius 2 is 2.12 bits per heavy atom. The van der Waals surface area contributed by atoms with E-state index in [-0.39, 0.29) is 0 Å². The Kier molecular flexibility index (Phi) is 3.51. The molecule has 2 rings (SSSR count). The van der Waals surface area contributed by atoms with Gasteiger partial charge in [-0.05, 0) is 15.9 Å². The molecular formula is C10H12BrN5. The zero-order chi connectivity index (χ0) is 11.4. The van der Waals surface area contributed by atoms with E-state index in [0.717, 1.165) is 16.8 Å². The molecule has 0 aliphatic rings. The largest absolute Gasteiger partial charge is 0.354 e. The number of H-pyrrole nitrogens is 1. The minimum atomic E-state index is 0.294. The van der Waals surface area contributed by atoms with Crippen LogP contribution in [0.4, 0.5) is 5.95 Å². The lowest BCUT2D eigenvalue weighted by Crippen LogP contribution is -2.12. The monoisotopic (exact) mass is 281 g/mol. The van der Waals surface area contributed by atoms with E-state index in [4.69, 9.17) is 0 Å². The van der Waals surface area contributed by atoms with Crippen LogP contribution < -0.4 is 5.32 Å². The molecule has 6 heteroatoms. The number of aromatic nitrogens is 4. The van der Waals surface area contributed by atoms with E-state index >= 15 is 0 Å². The van der Waals surface area contributed by atoms with Crippen molar-refractivity contribution in [2.45, 2.75) is 12.8 Å². The topological polar surface area (TPSA) is 66.5 Å². The molecule has 16 heavy (non-hydrogen) atoms. The summed E-state index contributed by atoms with van der Waals surface area (Å²) in [7, 11) is 0. The van der Waals surface area contributed by atoms with Gasteiger partial charge in [-0.25, -0.2) is 15.0 Å². The minimum Gasteiger partial charge on any atom is -0.354 e. The summed E-state index contributed by atoms with van der Waals surface area (Å²) in [6.45, 7) is 2.83. The minimum absolute atomic E-state index is 0.294. The Morgan fingerprint density at radius 1 is 1.38 bits per heavy atom. The number of hydrogen-bond acceptors (Lipinski definition) is 4. The fraction of sp³-hybridized carbons (Fsp3) is 0.300. The second-order valence-electron chi connectivity index (χ2n) is 3.48. The maximum Gasteiger partial charge on any atom is 0.222 e. The first-order chi connectivity index (χ1) is 7.75. The zero-order valence-corrected chi connectivity index (χ0v) is 10.4. The van der Waals surface area contributed by atoms with Crippen molar-refractivity contribution in [3.8, 4) is 0 Å². The lowest BCUT2D eigenvalue weighted by Gasteiger charge is -2.09. The summed E-state index contributed by atoms with van der Waals surface area (Å²) in [6.07, 6.45) is 7.00. The molecule has 0 aliphatic carbocycles. The Hall–Kier alpha value is -1.43. The van der Waals surface area contributed by atoms with Crippen LogP contribution in [-0.2, 0) is 0 Å². The van der Waals surface area contributed by atoms with Gasteiger partial charge in [-0.3, -0.25) is 0 Å². The van der Waals surface area contributed by atoms with Crippen LogP contribution in [-0.4, -0.2) is 26.5 Å². The molecule has 0 saturated carbocycles. The van der Waals surface area contributed by atoms with Crippen LogP contribution in [0.1, 0.15) is 18.7 Å². The molecule has 0 spiro atoms. The standard InChI is InChI=1S/C10H12BrN5/c1-7(9-12-2-3-13-9)4-14-10-15-5-8(11)6-16-10/h2-3,5-7H,4H2,1H3,(H,12,13)(H,14,15,16). The van der Waals surface area contributed by atoms with Gasteiger partial charge < -0.3 is 10.3 Å². The van der Waals surface area contributed by atoms with E-state index < -0.39 is 0 Å². The van der Waals surface area contributed by atoms with E-state index in [2.05, 4.69) is 48.1 Å².